The molecule has 0 aliphatic carbocycles. The van der Waals surface area contributed by atoms with Crippen LogP contribution in [-0.4, -0.2) is 35.3 Å². The quantitative estimate of drug-likeness (QED) is 0.865. The molecule has 22 heavy (non-hydrogen) atoms. The Labute approximate surface area is 128 Å². The minimum absolute atomic E-state index is 0.0533. The molecule has 0 spiro atoms. The summed E-state index contributed by atoms with van der Waals surface area (Å²) in [4.78, 5) is 37.5. The lowest BCUT2D eigenvalue weighted by atomic mass is 10.0. The zero-order valence-corrected chi connectivity index (χ0v) is 12.2. The summed E-state index contributed by atoms with van der Waals surface area (Å²) in [6, 6.07) is 8.76. The highest BCUT2D eigenvalue weighted by Crippen LogP contribution is 2.32. The van der Waals surface area contributed by atoms with Crippen molar-refractivity contribution in [1.82, 2.24) is 15.5 Å². The molecule has 2 atom stereocenters. The summed E-state index contributed by atoms with van der Waals surface area (Å²) in [7, 11) is 0. The Morgan fingerprint density at radius 1 is 1.14 bits per heavy atom. The van der Waals surface area contributed by atoms with Gasteiger partial charge in [-0.3, -0.25) is 14.9 Å². The average molecular weight is 301 g/mol. The largest absolute Gasteiger partial charge is 0.334 e. The number of hydrogen-bond donors (Lipinski definition) is 2. The van der Waals surface area contributed by atoms with Crippen LogP contribution in [0.15, 0.2) is 30.3 Å². The van der Waals surface area contributed by atoms with Crippen LogP contribution in [0, 0.1) is 0 Å². The van der Waals surface area contributed by atoms with E-state index in [1.165, 1.54) is 0 Å². The Morgan fingerprint density at radius 3 is 2.68 bits per heavy atom. The molecule has 4 amide bonds. The van der Waals surface area contributed by atoms with E-state index in [9.17, 15) is 14.4 Å². The Morgan fingerprint density at radius 2 is 1.91 bits per heavy atom. The first-order chi connectivity index (χ1) is 10.6. The highest BCUT2D eigenvalue weighted by Gasteiger charge is 2.35. The molecule has 6 nitrogen and oxygen atoms in total. The molecule has 2 aliphatic heterocycles. The van der Waals surface area contributed by atoms with Crippen molar-refractivity contribution >= 4 is 17.8 Å². The molecule has 116 valence electrons. The van der Waals surface area contributed by atoms with E-state index < -0.39 is 12.1 Å². The van der Waals surface area contributed by atoms with Crippen LogP contribution in [-0.2, 0) is 9.59 Å². The summed E-state index contributed by atoms with van der Waals surface area (Å²) in [6.45, 7) is 0.687. The number of nitrogens with zero attached hydrogens (tertiary/aromatic N) is 1. The van der Waals surface area contributed by atoms with Crippen molar-refractivity contribution in [3.8, 4) is 0 Å². The molecule has 1 aromatic carbocycles. The second kappa shape index (κ2) is 6.17. The molecule has 1 aromatic rings. The summed E-state index contributed by atoms with van der Waals surface area (Å²) < 4.78 is 0. The molecule has 2 N–H and O–H groups in total. The number of urea groups is 1. The van der Waals surface area contributed by atoms with Crippen LogP contribution in [0.2, 0.25) is 0 Å². The van der Waals surface area contributed by atoms with Gasteiger partial charge in [0.25, 0.3) is 0 Å². The Hall–Kier alpha value is -2.37. The fourth-order valence-corrected chi connectivity index (χ4v) is 3.17. The smallest absolute Gasteiger partial charge is 0.322 e. The number of carbonyl (C=O) groups is 3. The summed E-state index contributed by atoms with van der Waals surface area (Å²) in [5.74, 6) is -0.440. The van der Waals surface area contributed by atoms with E-state index in [-0.39, 0.29) is 24.3 Å². The number of benzene rings is 1. The van der Waals surface area contributed by atoms with Crippen molar-refractivity contribution in [3.05, 3.63) is 35.9 Å². The number of imide groups is 1. The average Bonchev–Trinajstić information content (AvgIpc) is 2.94. The molecule has 2 heterocycles. The molecular formula is C16H19N3O3. The molecule has 6 heteroatoms. The van der Waals surface area contributed by atoms with Gasteiger partial charge in [-0.2, -0.15) is 0 Å². The monoisotopic (exact) mass is 301 g/mol. The van der Waals surface area contributed by atoms with Crippen LogP contribution in [0.3, 0.4) is 0 Å². The third kappa shape index (κ3) is 2.95. The van der Waals surface area contributed by atoms with Gasteiger partial charge in [-0.1, -0.05) is 30.3 Å². The number of hydrogen-bond acceptors (Lipinski definition) is 3. The maximum Gasteiger partial charge on any atom is 0.322 e. The first kappa shape index (κ1) is 14.6. The van der Waals surface area contributed by atoms with Crippen molar-refractivity contribution in [3.63, 3.8) is 0 Å². The van der Waals surface area contributed by atoms with Gasteiger partial charge in [0.2, 0.25) is 11.8 Å². The molecule has 0 bridgehead atoms. The zero-order chi connectivity index (χ0) is 15.5. The van der Waals surface area contributed by atoms with Crippen molar-refractivity contribution < 1.29 is 14.4 Å². The summed E-state index contributed by atoms with van der Waals surface area (Å²) >= 11 is 0. The number of carbonyl (C=O) groups excluding carboxylic acids is 3. The number of likely N-dealkylation sites (tertiary alicyclic amines) is 1. The molecule has 0 saturated carbocycles. The second-order valence-electron chi connectivity index (χ2n) is 5.71. The zero-order valence-electron chi connectivity index (χ0n) is 12.2. The Kier molecular flexibility index (Phi) is 4.09. The molecule has 2 saturated heterocycles. The third-order valence-corrected chi connectivity index (χ3v) is 4.24. The van der Waals surface area contributed by atoms with Gasteiger partial charge in [-0.05, 0) is 24.8 Å². The van der Waals surface area contributed by atoms with Gasteiger partial charge in [0, 0.05) is 13.0 Å². The summed E-state index contributed by atoms with van der Waals surface area (Å²) in [5, 5.41) is 4.80. The minimum atomic E-state index is -0.629. The van der Waals surface area contributed by atoms with E-state index >= 15 is 0 Å². The fraction of sp³-hybridized carbons (Fsp3) is 0.438. The number of nitrogens with one attached hydrogen (secondary N) is 2. The molecular weight excluding hydrogens is 282 g/mol. The predicted molar refractivity (Wildman–Crippen MR) is 79.8 cm³/mol. The predicted octanol–water partition coefficient (Wildman–Crippen LogP) is 1.34. The third-order valence-electron chi connectivity index (χ3n) is 4.24. The van der Waals surface area contributed by atoms with Crippen molar-refractivity contribution in [2.45, 2.75) is 37.8 Å². The van der Waals surface area contributed by atoms with Crippen molar-refractivity contribution in [2.75, 3.05) is 6.54 Å². The first-order valence-corrected chi connectivity index (χ1v) is 7.61. The highest BCUT2D eigenvalue weighted by molar-refractivity contribution is 5.98. The highest BCUT2D eigenvalue weighted by atomic mass is 16.2. The van der Waals surface area contributed by atoms with Gasteiger partial charge in [0.15, 0.2) is 0 Å². The molecule has 0 aromatic heterocycles. The van der Waals surface area contributed by atoms with E-state index in [0.29, 0.717) is 13.0 Å². The normalized spacial score (nSPS) is 25.4. The molecule has 0 radical (unpaired) electrons. The molecule has 2 fully saturated rings. The van der Waals surface area contributed by atoms with Crippen molar-refractivity contribution in [1.29, 1.82) is 0 Å². The van der Waals surface area contributed by atoms with Gasteiger partial charge in [-0.25, -0.2) is 4.79 Å². The van der Waals surface area contributed by atoms with Crippen LogP contribution in [0.5, 0.6) is 0 Å². The standard InChI is InChI=1S/C16H19N3O3/c20-14-9-8-12(17-16(22)18-14)15(21)19-10-4-7-13(19)11-5-2-1-3-6-11/h1-3,5-6,12-13H,4,7-10H2,(H2,17,18,20,22)/t12-,13+/m0/s1. The fourth-order valence-electron chi connectivity index (χ4n) is 3.17. The van der Waals surface area contributed by atoms with E-state index in [1.807, 2.05) is 35.2 Å². The van der Waals surface area contributed by atoms with E-state index in [0.717, 1.165) is 18.4 Å². The van der Waals surface area contributed by atoms with Crippen LogP contribution < -0.4 is 10.6 Å². The Balaban J connectivity index is 1.76. The maximum absolute atomic E-state index is 12.8. The van der Waals surface area contributed by atoms with E-state index in [2.05, 4.69) is 10.6 Å². The number of rotatable bonds is 2. The first-order valence-electron chi connectivity index (χ1n) is 7.61. The topological polar surface area (TPSA) is 78.5 Å². The second-order valence-corrected chi connectivity index (χ2v) is 5.71. The van der Waals surface area contributed by atoms with Crippen LogP contribution in [0.25, 0.3) is 0 Å². The molecule has 3 rings (SSSR count). The van der Waals surface area contributed by atoms with E-state index in [4.69, 9.17) is 0 Å². The Bertz CT molecular complexity index is 588. The van der Waals surface area contributed by atoms with Gasteiger partial charge in [-0.15, -0.1) is 0 Å². The van der Waals surface area contributed by atoms with Gasteiger partial charge >= 0.3 is 6.03 Å². The van der Waals surface area contributed by atoms with Gasteiger partial charge in [0.1, 0.15) is 6.04 Å². The van der Waals surface area contributed by atoms with Crippen molar-refractivity contribution in [2.24, 2.45) is 0 Å². The summed E-state index contributed by atoms with van der Waals surface area (Å²) in [6.07, 6.45) is 2.39. The van der Waals surface area contributed by atoms with Crippen LogP contribution in [0.1, 0.15) is 37.3 Å². The molecule has 2 aliphatic rings. The van der Waals surface area contributed by atoms with Crippen LogP contribution in [0.4, 0.5) is 4.79 Å². The molecule has 0 unspecified atom stereocenters. The van der Waals surface area contributed by atoms with Gasteiger partial charge < -0.3 is 10.2 Å². The van der Waals surface area contributed by atoms with Crippen LogP contribution >= 0.6 is 0 Å². The lowest BCUT2D eigenvalue weighted by molar-refractivity contribution is -0.134. The SMILES string of the molecule is O=C1CC[C@@H](C(=O)N2CCC[C@@H]2c2ccccc2)NC(=O)N1. The van der Waals surface area contributed by atoms with E-state index in [1.54, 1.807) is 0 Å². The summed E-state index contributed by atoms with van der Waals surface area (Å²) in [5.41, 5.74) is 1.11. The lowest BCUT2D eigenvalue weighted by Crippen LogP contribution is -2.49. The van der Waals surface area contributed by atoms with Gasteiger partial charge in [0.05, 0.1) is 6.04 Å². The maximum atomic E-state index is 12.8. The lowest BCUT2D eigenvalue weighted by Gasteiger charge is -2.28. The number of amides is 4. The minimum Gasteiger partial charge on any atom is -0.334 e.